The third-order valence-corrected chi connectivity index (χ3v) is 4.76. The highest BCUT2D eigenvalue weighted by Gasteiger charge is 2.28. The fourth-order valence-electron chi connectivity index (χ4n) is 3.73. The Bertz CT molecular complexity index is 565. The number of nitrogens with zero attached hydrogens (tertiary/aromatic N) is 1. The fourth-order valence-corrected chi connectivity index (χ4v) is 3.73. The minimum absolute atomic E-state index is 0.0322. The van der Waals surface area contributed by atoms with Crippen molar-refractivity contribution < 1.29 is 14.3 Å². The highest BCUT2D eigenvalue weighted by atomic mass is 16.5. The molecule has 0 radical (unpaired) electrons. The lowest BCUT2D eigenvalue weighted by Crippen LogP contribution is -2.50. The molecule has 5 nitrogen and oxygen atoms in total. The molecule has 5 heteroatoms. The minimum Gasteiger partial charge on any atom is -0.496 e. The number of ether oxygens (including phenoxy) is 2. The molecule has 3 rings (SSSR count). The number of urea groups is 1. The Balaban J connectivity index is 1.63. The summed E-state index contributed by atoms with van der Waals surface area (Å²) in [5.74, 6) is 0.926. The number of rotatable bonds is 2. The van der Waals surface area contributed by atoms with Gasteiger partial charge in [0.25, 0.3) is 0 Å². The number of nitrogens with one attached hydrogen (secondary N) is 1. The van der Waals surface area contributed by atoms with Crippen LogP contribution in [-0.4, -0.2) is 42.8 Å². The van der Waals surface area contributed by atoms with Gasteiger partial charge in [0.05, 0.1) is 19.3 Å². The smallest absolute Gasteiger partial charge is 0.317 e. The van der Waals surface area contributed by atoms with Crippen molar-refractivity contribution in [2.75, 3.05) is 13.7 Å². The molecule has 126 valence electrons. The van der Waals surface area contributed by atoms with Crippen LogP contribution >= 0.6 is 0 Å². The lowest BCUT2D eigenvalue weighted by Gasteiger charge is -2.35. The second-order valence-electron chi connectivity index (χ2n) is 6.64. The molecule has 2 unspecified atom stereocenters. The van der Waals surface area contributed by atoms with E-state index in [1.165, 1.54) is 11.1 Å². The van der Waals surface area contributed by atoms with Gasteiger partial charge in [-0.1, -0.05) is 12.1 Å². The Morgan fingerprint density at radius 3 is 2.74 bits per heavy atom. The van der Waals surface area contributed by atoms with Gasteiger partial charge in [-0.3, -0.25) is 0 Å². The maximum absolute atomic E-state index is 12.6. The molecule has 2 aliphatic rings. The fraction of sp³-hybridized carbons (Fsp3) is 0.611. The van der Waals surface area contributed by atoms with Gasteiger partial charge in [-0.25, -0.2) is 4.79 Å². The van der Waals surface area contributed by atoms with Crippen LogP contribution in [0.3, 0.4) is 0 Å². The summed E-state index contributed by atoms with van der Waals surface area (Å²) in [4.78, 5) is 14.5. The summed E-state index contributed by atoms with van der Waals surface area (Å²) >= 11 is 0. The van der Waals surface area contributed by atoms with Crippen molar-refractivity contribution in [3.05, 3.63) is 29.3 Å². The van der Waals surface area contributed by atoms with Crippen molar-refractivity contribution in [2.45, 2.75) is 57.9 Å². The van der Waals surface area contributed by atoms with Gasteiger partial charge in [-0.05, 0) is 44.7 Å². The zero-order chi connectivity index (χ0) is 16.4. The van der Waals surface area contributed by atoms with Crippen molar-refractivity contribution in [1.29, 1.82) is 0 Å². The van der Waals surface area contributed by atoms with Crippen LogP contribution in [0.15, 0.2) is 18.2 Å². The van der Waals surface area contributed by atoms with Crippen LogP contribution in [0.2, 0.25) is 0 Å². The average molecular weight is 318 g/mol. The van der Waals surface area contributed by atoms with Gasteiger partial charge in [-0.2, -0.15) is 0 Å². The molecule has 1 aromatic carbocycles. The zero-order valence-electron chi connectivity index (χ0n) is 14.2. The number of carbonyl (C=O) groups is 1. The Labute approximate surface area is 137 Å². The standard InChI is InChI=1S/C18H26N2O3/c1-12-9-15(10-13(2)23-12)19-18(21)20-8-7-16-14(11-20)5-4-6-17(16)22-3/h4-6,12-13,15H,7-11H2,1-3H3,(H,19,21). The van der Waals surface area contributed by atoms with Gasteiger partial charge in [0.2, 0.25) is 0 Å². The molecule has 1 aromatic rings. The molecule has 0 saturated carbocycles. The molecule has 0 aliphatic carbocycles. The van der Waals surface area contributed by atoms with E-state index < -0.39 is 0 Å². The molecule has 0 spiro atoms. The number of benzene rings is 1. The van der Waals surface area contributed by atoms with Crippen molar-refractivity contribution in [3.8, 4) is 5.75 Å². The molecule has 1 saturated heterocycles. The maximum atomic E-state index is 12.6. The number of hydrogen-bond acceptors (Lipinski definition) is 3. The molecular weight excluding hydrogens is 292 g/mol. The number of methoxy groups -OCH3 is 1. The van der Waals surface area contributed by atoms with E-state index in [2.05, 4.69) is 25.2 Å². The largest absolute Gasteiger partial charge is 0.496 e. The zero-order valence-corrected chi connectivity index (χ0v) is 14.2. The van der Waals surface area contributed by atoms with Crippen LogP contribution < -0.4 is 10.1 Å². The molecule has 23 heavy (non-hydrogen) atoms. The molecule has 2 atom stereocenters. The molecule has 2 aliphatic heterocycles. The van der Waals surface area contributed by atoms with Gasteiger partial charge >= 0.3 is 6.03 Å². The van der Waals surface area contributed by atoms with E-state index in [0.717, 1.165) is 31.6 Å². The van der Waals surface area contributed by atoms with Crippen LogP contribution in [0.25, 0.3) is 0 Å². The van der Waals surface area contributed by atoms with E-state index in [4.69, 9.17) is 9.47 Å². The predicted octanol–water partition coefficient (Wildman–Crippen LogP) is 2.72. The van der Waals surface area contributed by atoms with Gasteiger partial charge in [0.1, 0.15) is 5.75 Å². The Hall–Kier alpha value is -1.75. The third-order valence-electron chi connectivity index (χ3n) is 4.76. The second kappa shape index (κ2) is 6.79. The van der Waals surface area contributed by atoms with Crippen LogP contribution in [0.4, 0.5) is 4.79 Å². The first kappa shape index (κ1) is 16.1. The first-order chi connectivity index (χ1) is 11.1. The van der Waals surface area contributed by atoms with Crippen molar-refractivity contribution in [1.82, 2.24) is 10.2 Å². The second-order valence-corrected chi connectivity index (χ2v) is 6.64. The lowest BCUT2D eigenvalue weighted by atomic mass is 9.98. The van der Waals surface area contributed by atoms with Crippen molar-refractivity contribution in [3.63, 3.8) is 0 Å². The number of hydrogen-bond donors (Lipinski definition) is 1. The molecule has 2 amide bonds. The number of amides is 2. The summed E-state index contributed by atoms with van der Waals surface area (Å²) in [6, 6.07) is 6.29. The van der Waals surface area contributed by atoms with Crippen LogP contribution in [0.1, 0.15) is 37.8 Å². The Kier molecular flexibility index (Phi) is 4.76. The van der Waals surface area contributed by atoms with Crippen molar-refractivity contribution >= 4 is 6.03 Å². The quantitative estimate of drug-likeness (QED) is 0.912. The summed E-state index contributed by atoms with van der Waals surface area (Å²) in [5.41, 5.74) is 2.41. The number of carbonyl (C=O) groups excluding carboxylic acids is 1. The van der Waals surface area contributed by atoms with Gasteiger partial charge in [0, 0.05) is 24.7 Å². The molecule has 1 N–H and O–H groups in total. The average Bonchev–Trinajstić information content (AvgIpc) is 2.52. The summed E-state index contributed by atoms with van der Waals surface area (Å²) < 4.78 is 11.2. The van der Waals surface area contributed by atoms with E-state index in [0.29, 0.717) is 6.54 Å². The van der Waals surface area contributed by atoms with Crippen LogP contribution in [0, 0.1) is 0 Å². The van der Waals surface area contributed by atoms with Crippen molar-refractivity contribution in [2.24, 2.45) is 0 Å². The molecule has 0 bridgehead atoms. The van der Waals surface area contributed by atoms with Gasteiger partial charge < -0.3 is 19.7 Å². The van der Waals surface area contributed by atoms with E-state index in [1.807, 2.05) is 17.0 Å². The molecule has 2 heterocycles. The van der Waals surface area contributed by atoms with E-state index >= 15 is 0 Å². The van der Waals surface area contributed by atoms with Crippen LogP contribution in [0.5, 0.6) is 5.75 Å². The highest BCUT2D eigenvalue weighted by Crippen LogP contribution is 2.28. The molecule has 0 aromatic heterocycles. The Morgan fingerprint density at radius 1 is 1.30 bits per heavy atom. The minimum atomic E-state index is 0.0322. The van der Waals surface area contributed by atoms with E-state index in [9.17, 15) is 4.79 Å². The summed E-state index contributed by atoms with van der Waals surface area (Å²) in [7, 11) is 1.70. The SMILES string of the molecule is COc1cccc2c1CCN(C(=O)NC1CC(C)OC(C)C1)C2. The van der Waals surface area contributed by atoms with Gasteiger partial charge in [-0.15, -0.1) is 0 Å². The first-order valence-electron chi connectivity index (χ1n) is 8.42. The van der Waals surface area contributed by atoms with Gasteiger partial charge in [0.15, 0.2) is 0 Å². The maximum Gasteiger partial charge on any atom is 0.317 e. The number of fused-ring (bicyclic) bond motifs is 1. The normalized spacial score (nSPS) is 27.3. The third kappa shape index (κ3) is 3.61. The monoisotopic (exact) mass is 318 g/mol. The van der Waals surface area contributed by atoms with E-state index in [1.54, 1.807) is 7.11 Å². The van der Waals surface area contributed by atoms with Crippen LogP contribution in [-0.2, 0) is 17.7 Å². The predicted molar refractivity (Wildman–Crippen MR) is 88.7 cm³/mol. The topological polar surface area (TPSA) is 50.8 Å². The molecule has 1 fully saturated rings. The lowest BCUT2D eigenvalue weighted by molar-refractivity contribution is -0.0407. The molecular formula is C18H26N2O3. The van der Waals surface area contributed by atoms with E-state index in [-0.39, 0.29) is 24.3 Å². The summed E-state index contributed by atoms with van der Waals surface area (Å²) in [6.07, 6.45) is 3.02. The first-order valence-corrected chi connectivity index (χ1v) is 8.42. The Morgan fingerprint density at radius 2 is 2.04 bits per heavy atom. The highest BCUT2D eigenvalue weighted by molar-refractivity contribution is 5.75. The summed E-state index contributed by atoms with van der Waals surface area (Å²) in [5, 5.41) is 3.18. The summed E-state index contributed by atoms with van der Waals surface area (Å²) in [6.45, 7) is 5.51.